The Morgan fingerprint density at radius 1 is 1.50 bits per heavy atom. The lowest BCUT2D eigenvalue weighted by atomic mass is 10.1. The number of carbonyl (C=O) groups is 1. The molecule has 0 aliphatic rings. The summed E-state index contributed by atoms with van der Waals surface area (Å²) in [4.78, 5) is 12.9. The van der Waals surface area contributed by atoms with Crippen LogP contribution in [0.2, 0.25) is 0 Å². The van der Waals surface area contributed by atoms with Gasteiger partial charge in [-0.05, 0) is 20.8 Å². The molecular weight excluding hydrogens is 226 g/mol. The quantitative estimate of drug-likeness (QED) is 0.613. The summed E-state index contributed by atoms with van der Waals surface area (Å²) in [6, 6.07) is 0. The van der Waals surface area contributed by atoms with Crippen molar-refractivity contribution in [2.24, 2.45) is 5.73 Å². The van der Waals surface area contributed by atoms with Crippen molar-refractivity contribution < 1.29 is 14.3 Å². The van der Waals surface area contributed by atoms with E-state index < -0.39 is 6.23 Å². The second-order valence-electron chi connectivity index (χ2n) is 3.20. The molecule has 1 rings (SSSR count). The highest BCUT2D eigenvalue weighted by atomic mass is 32.1. The van der Waals surface area contributed by atoms with Gasteiger partial charge < -0.3 is 9.47 Å². The van der Waals surface area contributed by atoms with Crippen molar-refractivity contribution in [2.45, 2.75) is 27.0 Å². The van der Waals surface area contributed by atoms with Crippen molar-refractivity contribution in [3.05, 3.63) is 15.8 Å². The van der Waals surface area contributed by atoms with Gasteiger partial charge in [0.15, 0.2) is 6.23 Å². The number of nitrogens with two attached hydrogens (primary N) is 1. The summed E-state index contributed by atoms with van der Waals surface area (Å²) in [5, 5.41) is 1.82. The molecule has 4 nitrogen and oxygen atoms in total. The smallest absolute Gasteiger partial charge is 0.210 e. The molecule has 1 aromatic heterocycles. The first-order valence-corrected chi connectivity index (χ1v) is 6.12. The molecule has 0 spiro atoms. The average Bonchev–Trinajstić information content (AvgIpc) is 2.60. The molecule has 16 heavy (non-hydrogen) atoms. The highest BCUT2D eigenvalue weighted by molar-refractivity contribution is 7.10. The Labute approximate surface area is 99.4 Å². The van der Waals surface area contributed by atoms with Gasteiger partial charge in [0.2, 0.25) is 5.78 Å². The lowest BCUT2D eigenvalue weighted by Gasteiger charge is -2.11. The zero-order valence-corrected chi connectivity index (χ0v) is 10.6. The van der Waals surface area contributed by atoms with Crippen LogP contribution in [-0.2, 0) is 4.74 Å². The maximum absolute atomic E-state index is 12.0. The molecule has 2 N–H and O–H groups in total. The minimum Gasteiger partial charge on any atom is -0.492 e. The average molecular weight is 243 g/mol. The fourth-order valence-corrected chi connectivity index (χ4v) is 2.18. The summed E-state index contributed by atoms with van der Waals surface area (Å²) in [5.41, 5.74) is 6.18. The van der Waals surface area contributed by atoms with E-state index in [-0.39, 0.29) is 5.78 Å². The number of hydrogen-bond donors (Lipinski definition) is 1. The van der Waals surface area contributed by atoms with E-state index in [2.05, 4.69) is 0 Å². The molecule has 0 bridgehead atoms. The minimum atomic E-state index is -0.905. The molecule has 5 heteroatoms. The van der Waals surface area contributed by atoms with Crippen LogP contribution in [0.3, 0.4) is 0 Å². The summed E-state index contributed by atoms with van der Waals surface area (Å²) in [6.45, 7) is 6.50. The van der Waals surface area contributed by atoms with E-state index in [4.69, 9.17) is 15.2 Å². The van der Waals surface area contributed by atoms with Crippen LogP contribution >= 0.6 is 11.3 Å². The molecule has 1 heterocycles. The van der Waals surface area contributed by atoms with Gasteiger partial charge in [0.05, 0.1) is 12.2 Å². The van der Waals surface area contributed by atoms with E-state index in [1.54, 1.807) is 6.92 Å². The van der Waals surface area contributed by atoms with E-state index in [1.165, 1.54) is 11.3 Å². The highest BCUT2D eigenvalue weighted by Gasteiger charge is 2.23. The first-order chi connectivity index (χ1) is 7.61. The Morgan fingerprint density at radius 2 is 2.19 bits per heavy atom. The number of ether oxygens (including phenoxy) is 2. The Hall–Kier alpha value is -0.910. The van der Waals surface area contributed by atoms with E-state index >= 15 is 0 Å². The number of aryl methyl sites for hydroxylation is 1. The van der Waals surface area contributed by atoms with Crippen LogP contribution in [0.25, 0.3) is 0 Å². The summed E-state index contributed by atoms with van der Waals surface area (Å²) in [6.07, 6.45) is -0.905. The number of carbonyl (C=O) groups excluding carboxylic acids is 1. The molecule has 0 fully saturated rings. The molecule has 1 unspecified atom stereocenters. The second kappa shape index (κ2) is 5.98. The van der Waals surface area contributed by atoms with Crippen LogP contribution in [0.4, 0.5) is 0 Å². The third-order valence-corrected chi connectivity index (χ3v) is 2.98. The zero-order valence-electron chi connectivity index (χ0n) is 9.78. The molecular formula is C11H17NO3S. The SMILES string of the molecule is CCOc1csc(C)c1C(=O)C(N)OCC. The summed E-state index contributed by atoms with van der Waals surface area (Å²) in [7, 11) is 0. The van der Waals surface area contributed by atoms with Crippen LogP contribution in [0.5, 0.6) is 5.75 Å². The standard InChI is InChI=1S/C11H17NO3S/c1-4-14-8-6-16-7(3)9(8)10(13)11(12)15-5-2/h6,11H,4-5,12H2,1-3H3. The molecule has 0 aliphatic heterocycles. The largest absolute Gasteiger partial charge is 0.492 e. The normalized spacial score (nSPS) is 12.5. The molecule has 0 aromatic carbocycles. The van der Waals surface area contributed by atoms with E-state index in [0.29, 0.717) is 24.5 Å². The van der Waals surface area contributed by atoms with Gasteiger partial charge in [-0.15, -0.1) is 11.3 Å². The van der Waals surface area contributed by atoms with E-state index in [9.17, 15) is 4.79 Å². The van der Waals surface area contributed by atoms with Gasteiger partial charge in [-0.1, -0.05) is 0 Å². The van der Waals surface area contributed by atoms with Crippen molar-refractivity contribution in [1.29, 1.82) is 0 Å². The molecule has 0 amide bonds. The van der Waals surface area contributed by atoms with Gasteiger partial charge in [0.25, 0.3) is 0 Å². The second-order valence-corrected chi connectivity index (χ2v) is 4.29. The van der Waals surface area contributed by atoms with Crippen molar-refractivity contribution in [2.75, 3.05) is 13.2 Å². The first kappa shape index (κ1) is 13.2. The lowest BCUT2D eigenvalue weighted by Crippen LogP contribution is -2.33. The van der Waals surface area contributed by atoms with Crippen molar-refractivity contribution >= 4 is 17.1 Å². The number of thiophene rings is 1. The summed E-state index contributed by atoms with van der Waals surface area (Å²) < 4.78 is 10.5. The zero-order chi connectivity index (χ0) is 12.1. The van der Waals surface area contributed by atoms with Crippen molar-refractivity contribution in [1.82, 2.24) is 0 Å². The molecule has 0 saturated heterocycles. The monoisotopic (exact) mass is 243 g/mol. The van der Waals surface area contributed by atoms with Crippen molar-refractivity contribution in [3.8, 4) is 5.75 Å². The molecule has 0 radical (unpaired) electrons. The predicted octanol–water partition coefficient (Wildman–Crippen LogP) is 1.96. The highest BCUT2D eigenvalue weighted by Crippen LogP contribution is 2.29. The Balaban J connectivity index is 2.92. The van der Waals surface area contributed by atoms with Crippen LogP contribution in [0.1, 0.15) is 29.1 Å². The van der Waals surface area contributed by atoms with Crippen LogP contribution in [0.15, 0.2) is 5.38 Å². The van der Waals surface area contributed by atoms with Gasteiger partial charge in [0, 0.05) is 16.9 Å². The van der Waals surface area contributed by atoms with E-state index in [1.807, 2.05) is 19.2 Å². The third kappa shape index (κ3) is 2.81. The molecule has 0 aliphatic carbocycles. The Bertz CT molecular complexity index is 362. The number of ketones is 1. The minimum absolute atomic E-state index is 0.218. The summed E-state index contributed by atoms with van der Waals surface area (Å²) in [5.74, 6) is 0.384. The number of rotatable bonds is 6. The third-order valence-electron chi connectivity index (χ3n) is 2.09. The van der Waals surface area contributed by atoms with Gasteiger partial charge >= 0.3 is 0 Å². The van der Waals surface area contributed by atoms with Gasteiger partial charge in [-0.3, -0.25) is 10.5 Å². The molecule has 1 aromatic rings. The maximum atomic E-state index is 12.0. The Morgan fingerprint density at radius 3 is 2.75 bits per heavy atom. The number of hydrogen-bond acceptors (Lipinski definition) is 5. The Kier molecular flexibility index (Phi) is 4.92. The maximum Gasteiger partial charge on any atom is 0.210 e. The van der Waals surface area contributed by atoms with Gasteiger partial charge in [-0.2, -0.15) is 0 Å². The van der Waals surface area contributed by atoms with Gasteiger partial charge in [0.1, 0.15) is 5.75 Å². The van der Waals surface area contributed by atoms with Gasteiger partial charge in [-0.25, -0.2) is 0 Å². The molecule has 0 saturated carbocycles. The topological polar surface area (TPSA) is 61.5 Å². The van der Waals surface area contributed by atoms with E-state index in [0.717, 1.165) is 4.88 Å². The summed E-state index contributed by atoms with van der Waals surface area (Å²) >= 11 is 1.48. The molecule has 90 valence electrons. The van der Waals surface area contributed by atoms with Crippen molar-refractivity contribution in [3.63, 3.8) is 0 Å². The fourth-order valence-electron chi connectivity index (χ4n) is 1.39. The first-order valence-electron chi connectivity index (χ1n) is 5.24. The molecule has 1 atom stereocenters. The fraction of sp³-hybridized carbons (Fsp3) is 0.545. The van der Waals surface area contributed by atoms with Crippen LogP contribution in [0, 0.1) is 6.92 Å². The van der Waals surface area contributed by atoms with Crippen LogP contribution in [-0.4, -0.2) is 25.2 Å². The van der Waals surface area contributed by atoms with Crippen LogP contribution < -0.4 is 10.5 Å². The lowest BCUT2D eigenvalue weighted by molar-refractivity contribution is 0.0476. The number of Topliss-reactive ketones (excluding diaryl/α,β-unsaturated/α-hetero) is 1. The predicted molar refractivity (Wildman–Crippen MR) is 64.2 cm³/mol.